The van der Waals surface area contributed by atoms with E-state index in [1.807, 2.05) is 6.92 Å². The quantitative estimate of drug-likeness (QED) is 0.526. The fraction of sp³-hybridized carbons (Fsp3) is 0.154. The Balaban J connectivity index is 1.79. The summed E-state index contributed by atoms with van der Waals surface area (Å²) in [6, 6.07) is 5.51. The molecule has 0 bridgehead atoms. The van der Waals surface area contributed by atoms with E-state index in [9.17, 15) is 9.18 Å². The summed E-state index contributed by atoms with van der Waals surface area (Å²) < 4.78 is 15.0. The molecule has 0 aliphatic rings. The standard InChI is InChI=1S/C13H12FN7OS2/c1-2-23-13-19-18-12(24-13)16-11(22)9-10(15)21(20-17-9)8-5-3-7(14)4-6-8/h3-6H,2,15H2,1H3,(H,16,18,22). The van der Waals surface area contributed by atoms with E-state index < -0.39 is 5.91 Å². The van der Waals surface area contributed by atoms with Crippen LogP contribution in [0.4, 0.5) is 15.3 Å². The fourth-order valence-corrected chi connectivity index (χ4v) is 3.47. The van der Waals surface area contributed by atoms with Crippen LogP contribution >= 0.6 is 23.1 Å². The highest BCUT2D eigenvalue weighted by Crippen LogP contribution is 2.25. The number of carbonyl (C=O) groups excluding carboxylic acids is 1. The fourth-order valence-electron chi connectivity index (χ4n) is 1.82. The van der Waals surface area contributed by atoms with E-state index in [-0.39, 0.29) is 17.3 Å². The number of carbonyl (C=O) groups is 1. The molecule has 0 radical (unpaired) electrons. The maximum atomic E-state index is 13.0. The van der Waals surface area contributed by atoms with Crippen molar-refractivity contribution in [2.45, 2.75) is 11.3 Å². The lowest BCUT2D eigenvalue weighted by Gasteiger charge is -2.03. The molecule has 1 amide bonds. The number of benzene rings is 1. The second-order valence-electron chi connectivity index (χ2n) is 4.47. The van der Waals surface area contributed by atoms with E-state index in [2.05, 4.69) is 25.8 Å². The smallest absolute Gasteiger partial charge is 0.281 e. The third kappa shape index (κ3) is 3.36. The second kappa shape index (κ2) is 6.93. The molecule has 3 rings (SSSR count). The molecule has 0 spiro atoms. The third-order valence-corrected chi connectivity index (χ3v) is 4.74. The number of nitrogen functional groups attached to an aromatic ring is 1. The molecule has 3 aromatic rings. The number of hydrogen-bond acceptors (Lipinski definition) is 8. The zero-order valence-electron chi connectivity index (χ0n) is 12.4. The van der Waals surface area contributed by atoms with Crippen LogP contribution in [0.2, 0.25) is 0 Å². The lowest BCUT2D eigenvalue weighted by molar-refractivity contribution is 0.102. The van der Waals surface area contributed by atoms with Gasteiger partial charge in [0, 0.05) is 0 Å². The highest BCUT2D eigenvalue weighted by Gasteiger charge is 2.20. The van der Waals surface area contributed by atoms with Crippen LogP contribution in [0.1, 0.15) is 17.4 Å². The summed E-state index contributed by atoms with van der Waals surface area (Å²) >= 11 is 2.79. The lowest BCUT2D eigenvalue weighted by Crippen LogP contribution is -2.15. The Hall–Kier alpha value is -2.53. The highest BCUT2D eigenvalue weighted by molar-refractivity contribution is 8.01. The van der Waals surface area contributed by atoms with Crippen molar-refractivity contribution in [1.29, 1.82) is 0 Å². The Labute approximate surface area is 144 Å². The number of nitrogens with zero attached hydrogens (tertiary/aromatic N) is 5. The van der Waals surface area contributed by atoms with Crippen molar-refractivity contribution >= 4 is 40.0 Å². The molecule has 1 aromatic carbocycles. The van der Waals surface area contributed by atoms with Crippen LogP contribution in [-0.4, -0.2) is 36.9 Å². The van der Waals surface area contributed by atoms with Crippen molar-refractivity contribution in [1.82, 2.24) is 25.2 Å². The largest absolute Gasteiger partial charge is 0.382 e. The Bertz CT molecular complexity index is 862. The molecule has 24 heavy (non-hydrogen) atoms. The van der Waals surface area contributed by atoms with Gasteiger partial charge < -0.3 is 5.73 Å². The van der Waals surface area contributed by atoms with Crippen molar-refractivity contribution in [3.8, 4) is 5.69 Å². The number of amides is 1. The predicted molar refractivity (Wildman–Crippen MR) is 90.0 cm³/mol. The summed E-state index contributed by atoms with van der Waals surface area (Å²) in [6.45, 7) is 2.00. The van der Waals surface area contributed by atoms with Gasteiger partial charge >= 0.3 is 0 Å². The minimum Gasteiger partial charge on any atom is -0.382 e. The molecule has 0 aliphatic carbocycles. The first-order valence-corrected chi connectivity index (χ1v) is 8.63. The van der Waals surface area contributed by atoms with Gasteiger partial charge in [-0.2, -0.15) is 4.68 Å². The molecule has 0 saturated heterocycles. The van der Waals surface area contributed by atoms with Crippen molar-refractivity contribution in [2.75, 3.05) is 16.8 Å². The van der Waals surface area contributed by atoms with Crippen LogP contribution in [0, 0.1) is 5.82 Å². The molecule has 3 N–H and O–H groups in total. The number of thioether (sulfide) groups is 1. The van der Waals surface area contributed by atoms with Crippen molar-refractivity contribution < 1.29 is 9.18 Å². The van der Waals surface area contributed by atoms with Gasteiger partial charge in [-0.1, -0.05) is 35.2 Å². The lowest BCUT2D eigenvalue weighted by atomic mass is 10.3. The monoisotopic (exact) mass is 365 g/mol. The Morgan fingerprint density at radius 1 is 1.33 bits per heavy atom. The van der Waals surface area contributed by atoms with Gasteiger partial charge in [0.05, 0.1) is 5.69 Å². The number of halogens is 1. The van der Waals surface area contributed by atoms with Crippen LogP contribution in [0.3, 0.4) is 0 Å². The first kappa shape index (κ1) is 16.3. The minimum absolute atomic E-state index is 0.0424. The molecule has 0 fully saturated rings. The molecule has 124 valence electrons. The second-order valence-corrected chi connectivity index (χ2v) is 6.96. The van der Waals surface area contributed by atoms with Gasteiger partial charge in [0.2, 0.25) is 5.13 Å². The van der Waals surface area contributed by atoms with Gasteiger partial charge in [-0.25, -0.2) is 4.39 Å². The molecule has 11 heteroatoms. The third-order valence-electron chi connectivity index (χ3n) is 2.89. The number of aromatic nitrogens is 5. The zero-order valence-corrected chi connectivity index (χ0v) is 14.1. The summed E-state index contributed by atoms with van der Waals surface area (Å²) in [5.74, 6) is -0.00843. The van der Waals surface area contributed by atoms with Gasteiger partial charge in [-0.3, -0.25) is 10.1 Å². The summed E-state index contributed by atoms with van der Waals surface area (Å²) in [5, 5.41) is 18.4. The molecular weight excluding hydrogens is 353 g/mol. The Morgan fingerprint density at radius 2 is 2.08 bits per heavy atom. The van der Waals surface area contributed by atoms with Crippen LogP contribution in [-0.2, 0) is 0 Å². The average Bonchev–Trinajstić information content (AvgIpc) is 3.15. The van der Waals surface area contributed by atoms with Gasteiger partial charge in [-0.15, -0.1) is 15.3 Å². The van der Waals surface area contributed by atoms with Crippen molar-refractivity contribution in [3.63, 3.8) is 0 Å². The summed E-state index contributed by atoms with van der Waals surface area (Å²) in [7, 11) is 0. The SMILES string of the molecule is CCSc1nnc(NC(=O)c2nnn(-c3ccc(F)cc3)c2N)s1. The minimum atomic E-state index is -0.537. The van der Waals surface area contributed by atoms with E-state index in [4.69, 9.17) is 5.73 Å². The summed E-state index contributed by atoms with van der Waals surface area (Å²) in [6.07, 6.45) is 0. The zero-order chi connectivity index (χ0) is 17.1. The Kier molecular flexibility index (Phi) is 4.71. The molecule has 2 heterocycles. The van der Waals surface area contributed by atoms with E-state index in [1.165, 1.54) is 52.0 Å². The van der Waals surface area contributed by atoms with E-state index in [0.29, 0.717) is 10.8 Å². The molecule has 2 aromatic heterocycles. The maximum Gasteiger partial charge on any atom is 0.281 e. The average molecular weight is 365 g/mol. The van der Waals surface area contributed by atoms with Crippen LogP contribution in [0.5, 0.6) is 0 Å². The maximum absolute atomic E-state index is 13.0. The van der Waals surface area contributed by atoms with Crippen molar-refractivity contribution in [3.05, 3.63) is 35.8 Å². The van der Waals surface area contributed by atoms with Gasteiger partial charge in [-0.05, 0) is 30.0 Å². The van der Waals surface area contributed by atoms with E-state index >= 15 is 0 Å². The van der Waals surface area contributed by atoms with Crippen LogP contribution in [0.15, 0.2) is 28.6 Å². The number of anilines is 2. The molecule has 0 atom stereocenters. The van der Waals surface area contributed by atoms with Crippen LogP contribution in [0.25, 0.3) is 5.69 Å². The summed E-state index contributed by atoms with van der Waals surface area (Å²) in [4.78, 5) is 12.3. The molecule has 0 saturated carbocycles. The van der Waals surface area contributed by atoms with E-state index in [0.717, 1.165) is 10.1 Å². The summed E-state index contributed by atoms with van der Waals surface area (Å²) in [5.41, 5.74) is 6.38. The Morgan fingerprint density at radius 3 is 2.79 bits per heavy atom. The first-order chi connectivity index (χ1) is 11.6. The number of hydrogen-bond donors (Lipinski definition) is 2. The molecule has 0 unspecified atom stereocenters. The predicted octanol–water partition coefficient (Wildman–Crippen LogP) is 2.20. The van der Waals surface area contributed by atoms with Gasteiger partial charge in [0.15, 0.2) is 15.9 Å². The molecule has 8 nitrogen and oxygen atoms in total. The molecular formula is C13H12FN7OS2. The van der Waals surface area contributed by atoms with Gasteiger partial charge in [0.1, 0.15) is 5.82 Å². The highest BCUT2D eigenvalue weighted by atomic mass is 32.2. The van der Waals surface area contributed by atoms with Crippen molar-refractivity contribution in [2.24, 2.45) is 0 Å². The number of nitrogens with two attached hydrogens (primary N) is 1. The topological polar surface area (TPSA) is 112 Å². The van der Waals surface area contributed by atoms with E-state index in [1.54, 1.807) is 0 Å². The van der Waals surface area contributed by atoms with Gasteiger partial charge in [0.25, 0.3) is 5.91 Å². The number of nitrogens with one attached hydrogen (secondary N) is 1. The van der Waals surface area contributed by atoms with Crippen LogP contribution < -0.4 is 11.1 Å². The first-order valence-electron chi connectivity index (χ1n) is 6.83. The molecule has 0 aliphatic heterocycles. The normalized spacial score (nSPS) is 10.8. The number of rotatable bonds is 5.